The summed E-state index contributed by atoms with van der Waals surface area (Å²) in [4.78, 5) is 2.56. The highest BCUT2D eigenvalue weighted by Gasteiger charge is 2.48. The van der Waals surface area contributed by atoms with Gasteiger partial charge in [0, 0.05) is 33.3 Å². The van der Waals surface area contributed by atoms with E-state index >= 15 is 0 Å². The summed E-state index contributed by atoms with van der Waals surface area (Å²) in [5, 5.41) is 7.26. The molecule has 4 aliphatic rings. The van der Waals surface area contributed by atoms with Gasteiger partial charge in [0.1, 0.15) is 5.41 Å². The Morgan fingerprint density at radius 2 is 0.528 bits per heavy atom. The molecule has 622 valence electrons. The predicted molar refractivity (Wildman–Crippen MR) is 536 cm³/mol. The summed E-state index contributed by atoms with van der Waals surface area (Å²) in [6, 6.07) is 83.8. The van der Waals surface area contributed by atoms with Crippen LogP contribution in [0.5, 0.6) is 0 Å². The normalized spacial score (nSPS) is 13.5. The van der Waals surface area contributed by atoms with Crippen molar-refractivity contribution in [2.45, 2.75) is 270 Å². The number of fused-ring (bicyclic) bond motifs is 17. The predicted octanol–water partition coefficient (Wildman–Crippen LogP) is 32.7. The van der Waals surface area contributed by atoms with Crippen molar-refractivity contribution in [2.75, 3.05) is 4.90 Å². The first-order valence-corrected chi connectivity index (χ1v) is 47.7. The summed E-state index contributed by atoms with van der Waals surface area (Å²) >= 11 is 0. The fourth-order valence-electron chi connectivity index (χ4n) is 22.4. The average molecular weight is 1630 g/mol. The third-order valence-electron chi connectivity index (χ3n) is 28.6. The molecule has 1 nitrogen and oxygen atoms in total. The van der Waals surface area contributed by atoms with Gasteiger partial charge >= 0.3 is 0 Å². The molecule has 12 aromatic carbocycles. The molecular formula is C124H121N. The highest BCUT2D eigenvalue weighted by Crippen LogP contribution is 2.61. The van der Waals surface area contributed by atoms with Crippen LogP contribution in [0, 0.1) is 110 Å². The lowest BCUT2D eigenvalue weighted by molar-refractivity contribution is 0.397. The van der Waals surface area contributed by atoms with Crippen LogP contribution in [0.1, 0.15) is 290 Å². The molecule has 0 aromatic heterocycles. The summed E-state index contributed by atoms with van der Waals surface area (Å²) in [7, 11) is 0. The maximum atomic E-state index is 5.70. The van der Waals surface area contributed by atoms with Crippen molar-refractivity contribution in [3.63, 3.8) is 0 Å². The zero-order chi connectivity index (χ0) is 86.3. The van der Waals surface area contributed by atoms with Gasteiger partial charge < -0.3 is 4.90 Å². The molecule has 0 unspecified atom stereocenters. The SMILES string of the molecule is C#CC#CC#CC#CC1(C#CC#CC#CC#C)c2cc(-c3cc4c5ccccc5c(-c5ccc6c(c5)C(CCCCCCCCCC)(CCCCCCCCCC)c5ccccc5-6)cc4c4ccccc34)ccc2-c2ccc(N(c3ccc4c(c3)C(CCCC)(CCCC)c3cc(C)ccc3-4)c3ccc4c(c3)C(CCCC)(CCCC)c3cc(C)ccc3-4)cc21. The van der Waals surface area contributed by atoms with E-state index in [0.29, 0.717) is 0 Å². The van der Waals surface area contributed by atoms with Gasteiger partial charge in [0.15, 0.2) is 0 Å². The van der Waals surface area contributed by atoms with Gasteiger partial charge in [-0.25, -0.2) is 0 Å². The number of hydrogen-bond donors (Lipinski definition) is 0. The fraction of sp³-hybridized carbons (Fsp3) is 0.339. The lowest BCUT2D eigenvalue weighted by Gasteiger charge is -2.35. The van der Waals surface area contributed by atoms with Gasteiger partial charge in [-0.3, -0.25) is 0 Å². The number of unbranched alkanes of at least 4 members (excludes halogenated alkanes) is 18. The van der Waals surface area contributed by atoms with E-state index in [2.05, 4.69) is 355 Å². The molecule has 0 heterocycles. The number of aryl methyl sites for hydroxylation is 2. The lowest BCUT2D eigenvalue weighted by Crippen LogP contribution is -2.26. The Labute approximate surface area is 749 Å². The number of anilines is 3. The molecule has 12 aromatic rings. The Hall–Kier alpha value is -12.3. The summed E-state index contributed by atoms with van der Waals surface area (Å²) in [6.45, 7) is 18.6. The molecule has 0 radical (unpaired) electrons. The highest BCUT2D eigenvalue weighted by molar-refractivity contribution is 6.24. The zero-order valence-corrected chi connectivity index (χ0v) is 75.5. The van der Waals surface area contributed by atoms with Gasteiger partial charge in [0.2, 0.25) is 0 Å². The average Bonchev–Trinajstić information content (AvgIpc) is 1.39. The van der Waals surface area contributed by atoms with E-state index in [1.165, 1.54) is 226 Å². The highest BCUT2D eigenvalue weighted by atomic mass is 15.1. The fourth-order valence-corrected chi connectivity index (χ4v) is 22.4. The van der Waals surface area contributed by atoms with Crippen LogP contribution in [0.3, 0.4) is 0 Å². The molecule has 0 N–H and O–H groups in total. The number of rotatable bonds is 35. The minimum atomic E-state index is -1.31. The number of terminal acetylenes is 2. The largest absolute Gasteiger partial charge is 0.310 e. The van der Waals surface area contributed by atoms with Crippen LogP contribution in [0.15, 0.2) is 212 Å². The molecule has 4 aliphatic carbocycles. The number of nitrogens with zero attached hydrogens (tertiary/aromatic N) is 1. The van der Waals surface area contributed by atoms with E-state index in [9.17, 15) is 0 Å². The van der Waals surface area contributed by atoms with Crippen molar-refractivity contribution in [3.05, 3.63) is 268 Å². The van der Waals surface area contributed by atoms with Crippen LogP contribution in [0.25, 0.3) is 99.1 Å². The monoisotopic (exact) mass is 1620 g/mol. The molecule has 0 fully saturated rings. The molecule has 0 saturated heterocycles. The Balaban J connectivity index is 0.875. The first-order chi connectivity index (χ1) is 61.5. The van der Waals surface area contributed by atoms with E-state index in [0.717, 1.165) is 133 Å². The van der Waals surface area contributed by atoms with E-state index in [1.807, 2.05) is 0 Å². The summed E-state index contributed by atoms with van der Waals surface area (Å²) in [5.41, 5.74) is 29.9. The van der Waals surface area contributed by atoms with Crippen LogP contribution in [0.2, 0.25) is 0 Å². The van der Waals surface area contributed by atoms with Gasteiger partial charge in [-0.15, -0.1) is 12.8 Å². The second kappa shape index (κ2) is 39.3. The summed E-state index contributed by atoms with van der Waals surface area (Å²) < 4.78 is 0. The smallest absolute Gasteiger partial charge is 0.145 e. The van der Waals surface area contributed by atoms with E-state index in [4.69, 9.17) is 12.8 Å². The van der Waals surface area contributed by atoms with Crippen molar-refractivity contribution in [3.8, 4) is 162 Å². The van der Waals surface area contributed by atoms with E-state index < -0.39 is 5.41 Å². The van der Waals surface area contributed by atoms with Gasteiger partial charge in [-0.2, -0.15) is 0 Å². The van der Waals surface area contributed by atoms with Crippen molar-refractivity contribution in [2.24, 2.45) is 0 Å². The Morgan fingerprint density at radius 3 is 0.952 bits per heavy atom. The minimum absolute atomic E-state index is 0.0547. The third-order valence-corrected chi connectivity index (χ3v) is 28.6. The Morgan fingerprint density at radius 1 is 0.232 bits per heavy atom. The van der Waals surface area contributed by atoms with Crippen molar-refractivity contribution < 1.29 is 0 Å². The topological polar surface area (TPSA) is 3.24 Å². The number of hydrogen-bond acceptors (Lipinski definition) is 1. The second-order valence-electron chi connectivity index (χ2n) is 36.4. The molecule has 0 bridgehead atoms. The maximum absolute atomic E-state index is 5.70. The first kappa shape index (κ1) is 86.2. The van der Waals surface area contributed by atoms with Gasteiger partial charge in [0.25, 0.3) is 0 Å². The molecule has 0 saturated carbocycles. The molecule has 16 rings (SSSR count). The molecular weight excluding hydrogens is 1500 g/mol. The van der Waals surface area contributed by atoms with Gasteiger partial charge in [-0.1, -0.05) is 370 Å². The second-order valence-corrected chi connectivity index (χ2v) is 36.4. The molecule has 125 heavy (non-hydrogen) atoms. The van der Waals surface area contributed by atoms with Crippen LogP contribution in [-0.4, -0.2) is 0 Å². The standard InChI is InChI=1S/C124H121N/c1-11-19-27-31-35-37-41-49-77-121(78-50-42-38-36-32-28-20-12-2)113-58-48-47-57-101(113)104-68-61-92(83-116(104)121)109-88-111-100-56-46-44-54-98(100)110(89-112(111)99-55-45-43-53-97(99)109)93-62-69-105-108-72-65-96(87-120(108)124(117(105)84-93,79-51-39-33-29-21-13-3)80-52-40-34-30-22-14-4)125(94-63-70-106-102-66-59-90(9)81-114(102)122(73-23-15-5,74-24-16-6)118(106)85-94)95-64-71-107-103-67-60-91(10)82-115(103)123(75-25-17-7,76-26-18-8)119(107)86-95/h3-4,43-48,53-72,81-89H,11-12,15-20,23-28,31-32,35-38,41-42,49-50,73-78H2,1-2,5-10H3. The number of benzene rings is 12. The molecule has 0 atom stereocenters. The Bertz CT molecular complexity index is 6360. The lowest BCUT2D eigenvalue weighted by atomic mass is 9.70. The van der Waals surface area contributed by atoms with Crippen LogP contribution >= 0.6 is 0 Å². The maximum Gasteiger partial charge on any atom is 0.145 e. The molecule has 0 amide bonds. The van der Waals surface area contributed by atoms with Crippen molar-refractivity contribution in [1.29, 1.82) is 0 Å². The Kier molecular flexibility index (Phi) is 27.1. The van der Waals surface area contributed by atoms with E-state index in [1.54, 1.807) is 5.56 Å². The van der Waals surface area contributed by atoms with Crippen LogP contribution < -0.4 is 4.90 Å². The van der Waals surface area contributed by atoms with E-state index in [-0.39, 0.29) is 16.2 Å². The molecule has 0 spiro atoms. The molecule has 1 heteroatoms. The minimum Gasteiger partial charge on any atom is -0.310 e. The van der Waals surface area contributed by atoms with Crippen molar-refractivity contribution in [1.82, 2.24) is 0 Å². The van der Waals surface area contributed by atoms with Crippen molar-refractivity contribution >= 4 is 49.4 Å². The first-order valence-electron chi connectivity index (χ1n) is 47.7. The zero-order valence-electron chi connectivity index (χ0n) is 75.5. The van der Waals surface area contributed by atoms with Crippen LogP contribution in [0.4, 0.5) is 17.1 Å². The van der Waals surface area contributed by atoms with Gasteiger partial charge in [-0.05, 0) is 328 Å². The van der Waals surface area contributed by atoms with Crippen LogP contribution in [-0.2, 0) is 21.7 Å². The molecule has 0 aliphatic heterocycles. The third kappa shape index (κ3) is 16.7. The van der Waals surface area contributed by atoms with Gasteiger partial charge in [0.05, 0.1) is 0 Å². The summed E-state index contributed by atoms with van der Waals surface area (Å²) in [6.07, 6.45) is 48.1. The summed E-state index contributed by atoms with van der Waals surface area (Å²) in [5.74, 6) is 42.5. The quantitative estimate of drug-likeness (QED) is 0.0217.